The van der Waals surface area contributed by atoms with Gasteiger partial charge in [-0.15, -0.1) is 0 Å². The number of hydrogen-bond acceptors (Lipinski definition) is 3. The van der Waals surface area contributed by atoms with Crippen LogP contribution < -0.4 is 10.6 Å². The summed E-state index contributed by atoms with van der Waals surface area (Å²) in [7, 11) is 0. The summed E-state index contributed by atoms with van der Waals surface area (Å²) in [5.41, 5.74) is 0. The molecule has 116 valence electrons. The molecular weight excluding hydrogens is 272 g/mol. The lowest BCUT2D eigenvalue weighted by Crippen LogP contribution is -2.58. The summed E-state index contributed by atoms with van der Waals surface area (Å²) in [6.07, 6.45) is 2.92. The Labute approximate surface area is 126 Å². The van der Waals surface area contributed by atoms with Crippen LogP contribution in [0.5, 0.6) is 0 Å². The highest BCUT2D eigenvalue weighted by Crippen LogP contribution is 2.27. The highest BCUT2D eigenvalue weighted by molar-refractivity contribution is 7.99. The smallest absolute Gasteiger partial charge is 0.243 e. The predicted octanol–water partition coefficient (Wildman–Crippen LogP) is 2.04. The molecule has 0 radical (unpaired) electrons. The van der Waals surface area contributed by atoms with Gasteiger partial charge in [-0.1, -0.05) is 27.7 Å². The molecule has 0 spiro atoms. The molecule has 2 aliphatic heterocycles. The molecule has 0 aromatic heterocycles. The zero-order valence-corrected chi connectivity index (χ0v) is 13.9. The average molecular weight is 300 g/mol. The molecule has 5 heteroatoms. The second kappa shape index (κ2) is 8.55. The minimum absolute atomic E-state index is 0.0837. The van der Waals surface area contributed by atoms with Crippen LogP contribution >= 0.6 is 11.8 Å². The van der Waals surface area contributed by atoms with Gasteiger partial charge in [0.1, 0.15) is 6.04 Å². The van der Waals surface area contributed by atoms with Gasteiger partial charge in [-0.05, 0) is 42.1 Å². The van der Waals surface area contributed by atoms with Gasteiger partial charge in [-0.2, -0.15) is 11.8 Å². The SMILES string of the molecule is CC(C)C1CCSCC1.CC(C)C1NC(=O)CNC1=O. The maximum Gasteiger partial charge on any atom is 0.243 e. The maximum absolute atomic E-state index is 11.1. The first-order valence-electron chi connectivity index (χ1n) is 7.56. The van der Waals surface area contributed by atoms with E-state index in [0.29, 0.717) is 0 Å². The van der Waals surface area contributed by atoms with Gasteiger partial charge in [0.2, 0.25) is 11.8 Å². The molecule has 2 fully saturated rings. The molecule has 0 aromatic carbocycles. The van der Waals surface area contributed by atoms with Gasteiger partial charge in [-0.25, -0.2) is 0 Å². The van der Waals surface area contributed by atoms with Crippen molar-refractivity contribution < 1.29 is 9.59 Å². The first kappa shape index (κ1) is 17.3. The molecule has 1 atom stereocenters. The minimum atomic E-state index is -0.351. The van der Waals surface area contributed by atoms with Crippen LogP contribution in [0.2, 0.25) is 0 Å². The second-order valence-corrected chi connectivity index (χ2v) is 7.43. The van der Waals surface area contributed by atoms with Crippen LogP contribution in [-0.4, -0.2) is 35.9 Å². The predicted molar refractivity (Wildman–Crippen MR) is 84.7 cm³/mol. The van der Waals surface area contributed by atoms with Crippen LogP contribution in [0.25, 0.3) is 0 Å². The van der Waals surface area contributed by atoms with Gasteiger partial charge in [0.05, 0.1) is 6.54 Å². The van der Waals surface area contributed by atoms with Crippen LogP contribution in [0.4, 0.5) is 0 Å². The molecule has 2 saturated heterocycles. The Morgan fingerprint density at radius 1 is 1.05 bits per heavy atom. The molecule has 2 amide bonds. The third-order valence-corrected chi connectivity index (χ3v) is 4.95. The van der Waals surface area contributed by atoms with Gasteiger partial charge in [0.15, 0.2) is 0 Å². The summed E-state index contributed by atoms with van der Waals surface area (Å²) in [5.74, 6) is 4.73. The number of nitrogens with one attached hydrogen (secondary N) is 2. The Morgan fingerprint density at radius 3 is 2.05 bits per heavy atom. The lowest BCUT2D eigenvalue weighted by molar-refractivity contribution is -0.134. The van der Waals surface area contributed by atoms with Gasteiger partial charge in [0, 0.05) is 0 Å². The van der Waals surface area contributed by atoms with E-state index in [2.05, 4.69) is 36.2 Å². The monoisotopic (exact) mass is 300 g/mol. The van der Waals surface area contributed by atoms with Crippen LogP contribution in [0.15, 0.2) is 0 Å². The molecule has 2 N–H and O–H groups in total. The van der Waals surface area contributed by atoms with E-state index in [9.17, 15) is 9.59 Å². The molecule has 0 bridgehead atoms. The van der Waals surface area contributed by atoms with E-state index < -0.39 is 0 Å². The fourth-order valence-electron chi connectivity index (χ4n) is 2.42. The van der Waals surface area contributed by atoms with E-state index in [0.717, 1.165) is 11.8 Å². The van der Waals surface area contributed by atoms with Crippen molar-refractivity contribution >= 4 is 23.6 Å². The maximum atomic E-state index is 11.1. The van der Waals surface area contributed by atoms with Crippen LogP contribution in [0.1, 0.15) is 40.5 Å². The summed E-state index contributed by atoms with van der Waals surface area (Å²) in [5, 5.41) is 5.13. The molecule has 2 aliphatic rings. The molecule has 4 nitrogen and oxygen atoms in total. The first-order chi connectivity index (χ1) is 9.41. The van der Waals surface area contributed by atoms with Crippen molar-refractivity contribution in [1.82, 2.24) is 10.6 Å². The molecule has 2 heterocycles. The fourth-order valence-corrected chi connectivity index (χ4v) is 3.56. The topological polar surface area (TPSA) is 58.2 Å². The van der Waals surface area contributed by atoms with Crippen molar-refractivity contribution in [2.24, 2.45) is 17.8 Å². The molecule has 0 aliphatic carbocycles. The van der Waals surface area contributed by atoms with Crippen LogP contribution in [-0.2, 0) is 9.59 Å². The van der Waals surface area contributed by atoms with E-state index in [1.165, 1.54) is 24.3 Å². The Hall–Kier alpha value is -0.710. The van der Waals surface area contributed by atoms with Gasteiger partial charge in [-0.3, -0.25) is 9.59 Å². The lowest BCUT2D eigenvalue weighted by Gasteiger charge is -2.25. The van der Waals surface area contributed by atoms with Crippen LogP contribution in [0.3, 0.4) is 0 Å². The van der Waals surface area contributed by atoms with Crippen LogP contribution in [0, 0.1) is 17.8 Å². The van der Waals surface area contributed by atoms with Gasteiger partial charge >= 0.3 is 0 Å². The molecule has 0 saturated carbocycles. The average Bonchev–Trinajstić information content (AvgIpc) is 2.43. The third kappa shape index (κ3) is 5.73. The summed E-state index contributed by atoms with van der Waals surface area (Å²) >= 11 is 2.12. The van der Waals surface area contributed by atoms with Gasteiger partial charge in [0.25, 0.3) is 0 Å². The van der Waals surface area contributed by atoms with Crippen molar-refractivity contribution in [3.8, 4) is 0 Å². The Bertz CT molecular complexity index is 326. The number of hydrogen-bond donors (Lipinski definition) is 2. The highest BCUT2D eigenvalue weighted by Gasteiger charge is 2.27. The summed E-state index contributed by atoms with van der Waals surface area (Å²) in [6, 6.07) is -0.351. The molecule has 2 rings (SSSR count). The Kier molecular flexibility index (Phi) is 7.41. The summed E-state index contributed by atoms with van der Waals surface area (Å²) < 4.78 is 0. The van der Waals surface area contributed by atoms with Crippen molar-refractivity contribution in [3.05, 3.63) is 0 Å². The van der Waals surface area contributed by atoms with E-state index >= 15 is 0 Å². The quantitative estimate of drug-likeness (QED) is 0.820. The van der Waals surface area contributed by atoms with Crippen molar-refractivity contribution in [1.29, 1.82) is 0 Å². The number of carbonyl (C=O) groups is 2. The summed E-state index contributed by atoms with van der Waals surface area (Å²) in [6.45, 7) is 8.61. The largest absolute Gasteiger partial charge is 0.345 e. The van der Waals surface area contributed by atoms with E-state index in [1.807, 2.05) is 13.8 Å². The fraction of sp³-hybridized carbons (Fsp3) is 0.867. The van der Waals surface area contributed by atoms with Gasteiger partial charge < -0.3 is 10.6 Å². The molecule has 1 unspecified atom stereocenters. The Balaban J connectivity index is 0.000000204. The van der Waals surface area contributed by atoms with E-state index in [1.54, 1.807) is 0 Å². The van der Waals surface area contributed by atoms with E-state index in [4.69, 9.17) is 0 Å². The zero-order valence-electron chi connectivity index (χ0n) is 13.1. The first-order valence-corrected chi connectivity index (χ1v) is 8.72. The normalized spacial score (nSPS) is 24.0. The lowest BCUT2D eigenvalue weighted by atomic mass is 9.91. The molecule has 0 aromatic rings. The van der Waals surface area contributed by atoms with Crippen molar-refractivity contribution in [2.45, 2.75) is 46.6 Å². The minimum Gasteiger partial charge on any atom is -0.345 e. The standard InChI is InChI=1S/C8H16S.C7H12N2O2/c1-7(2)8-3-5-9-6-4-8;1-4(2)6-7(11)8-3-5(10)9-6/h7-8H,3-6H2,1-2H3;4,6H,3H2,1-2H3,(H,8,11)(H,9,10). The molecule has 20 heavy (non-hydrogen) atoms. The number of thioether (sulfide) groups is 1. The molecular formula is C15H28N2O2S. The second-order valence-electron chi connectivity index (χ2n) is 6.20. The third-order valence-electron chi connectivity index (χ3n) is 3.90. The number of carbonyl (C=O) groups excluding carboxylic acids is 2. The highest BCUT2D eigenvalue weighted by atomic mass is 32.2. The number of rotatable bonds is 2. The van der Waals surface area contributed by atoms with Crippen molar-refractivity contribution in [2.75, 3.05) is 18.1 Å². The number of piperazine rings is 1. The Morgan fingerprint density at radius 2 is 1.65 bits per heavy atom. The number of amides is 2. The zero-order chi connectivity index (χ0) is 15.1. The summed E-state index contributed by atoms with van der Waals surface area (Å²) in [4.78, 5) is 21.9. The van der Waals surface area contributed by atoms with Crippen molar-refractivity contribution in [3.63, 3.8) is 0 Å². The van der Waals surface area contributed by atoms with E-state index in [-0.39, 0.29) is 30.3 Å².